The van der Waals surface area contributed by atoms with Crippen LogP contribution in [0.5, 0.6) is 5.75 Å². The highest BCUT2D eigenvalue weighted by Gasteiger charge is 2.30. The first-order valence-electron chi connectivity index (χ1n) is 8.58. The van der Waals surface area contributed by atoms with Crippen LogP contribution in [0, 0.1) is 13.8 Å². The molecule has 0 radical (unpaired) electrons. The molecule has 1 atom stereocenters. The first kappa shape index (κ1) is 15.7. The van der Waals surface area contributed by atoms with Gasteiger partial charge < -0.3 is 9.64 Å². The number of rotatable bonds is 2. The lowest BCUT2D eigenvalue weighted by molar-refractivity contribution is -0.125. The second-order valence-corrected chi connectivity index (χ2v) is 6.62. The van der Waals surface area contributed by atoms with E-state index in [0.717, 1.165) is 35.7 Å². The average molecular weight is 335 g/mol. The number of hydrogen-bond acceptors (Lipinski definition) is 3. The van der Waals surface area contributed by atoms with Crippen LogP contribution in [0.2, 0.25) is 0 Å². The second kappa shape index (κ2) is 6.24. The Bertz CT molecular complexity index is 879. The molecule has 0 spiro atoms. The molecule has 1 aromatic heterocycles. The number of carbonyl (C=O) groups is 1. The number of aryl methyl sites for hydroxylation is 2. The third kappa shape index (κ3) is 2.97. The molecular weight excluding hydrogens is 314 g/mol. The van der Waals surface area contributed by atoms with E-state index in [1.54, 1.807) is 12.3 Å². The minimum absolute atomic E-state index is 0.0422. The minimum Gasteiger partial charge on any atom is -0.464 e. The Hall–Kier alpha value is -2.82. The van der Waals surface area contributed by atoms with Gasteiger partial charge in [0.05, 0.1) is 18.0 Å². The van der Waals surface area contributed by atoms with E-state index in [-0.39, 0.29) is 11.9 Å². The SMILES string of the molecule is Cc1cc(C)n([C@@H]2CCN(C(=O)C3=Cc4ccccc4OC=C3)C2)n1. The molecule has 2 aromatic rings. The summed E-state index contributed by atoms with van der Waals surface area (Å²) >= 11 is 0. The van der Waals surface area contributed by atoms with E-state index in [1.807, 2.05) is 42.2 Å². The summed E-state index contributed by atoms with van der Waals surface area (Å²) in [6.07, 6.45) is 6.17. The van der Waals surface area contributed by atoms with Crippen molar-refractivity contribution in [2.45, 2.75) is 26.3 Å². The van der Waals surface area contributed by atoms with Crippen LogP contribution in [0.25, 0.3) is 6.08 Å². The number of carbonyl (C=O) groups excluding carboxylic acids is 1. The number of nitrogens with zero attached hydrogens (tertiary/aromatic N) is 3. The smallest absolute Gasteiger partial charge is 0.254 e. The van der Waals surface area contributed by atoms with Gasteiger partial charge in [0.15, 0.2) is 0 Å². The van der Waals surface area contributed by atoms with Gasteiger partial charge in [-0.25, -0.2) is 0 Å². The predicted octanol–water partition coefficient (Wildman–Crippen LogP) is 3.26. The molecule has 4 rings (SSSR count). The van der Waals surface area contributed by atoms with E-state index in [9.17, 15) is 4.79 Å². The second-order valence-electron chi connectivity index (χ2n) is 6.62. The van der Waals surface area contributed by atoms with E-state index in [2.05, 4.69) is 22.8 Å². The summed E-state index contributed by atoms with van der Waals surface area (Å²) in [5, 5.41) is 4.57. The highest BCUT2D eigenvalue weighted by Crippen LogP contribution is 2.28. The number of benzene rings is 1. The molecule has 0 unspecified atom stereocenters. The van der Waals surface area contributed by atoms with Gasteiger partial charge in [0.2, 0.25) is 0 Å². The quantitative estimate of drug-likeness (QED) is 0.846. The average Bonchev–Trinajstić information content (AvgIpc) is 3.14. The molecule has 5 heteroatoms. The fourth-order valence-electron chi connectivity index (χ4n) is 3.56. The molecule has 3 heterocycles. The summed E-state index contributed by atoms with van der Waals surface area (Å²) < 4.78 is 7.64. The molecule has 1 fully saturated rings. The van der Waals surface area contributed by atoms with E-state index < -0.39 is 0 Å². The van der Waals surface area contributed by atoms with Gasteiger partial charge in [-0.15, -0.1) is 0 Å². The lowest BCUT2D eigenvalue weighted by atomic mass is 10.1. The highest BCUT2D eigenvalue weighted by atomic mass is 16.5. The van der Waals surface area contributed by atoms with Crippen LogP contribution in [0.4, 0.5) is 0 Å². The van der Waals surface area contributed by atoms with Crippen molar-refractivity contribution in [2.75, 3.05) is 13.1 Å². The molecule has 1 saturated heterocycles. The van der Waals surface area contributed by atoms with Crippen molar-refractivity contribution in [1.82, 2.24) is 14.7 Å². The van der Waals surface area contributed by atoms with Crippen molar-refractivity contribution in [3.8, 4) is 5.75 Å². The Morgan fingerprint density at radius 2 is 2.12 bits per heavy atom. The Morgan fingerprint density at radius 3 is 2.92 bits per heavy atom. The van der Waals surface area contributed by atoms with Crippen molar-refractivity contribution >= 4 is 12.0 Å². The third-order valence-electron chi connectivity index (χ3n) is 4.76. The van der Waals surface area contributed by atoms with Gasteiger partial charge in [-0.2, -0.15) is 5.10 Å². The first-order valence-corrected chi connectivity index (χ1v) is 8.58. The molecule has 1 amide bonds. The Labute approximate surface area is 147 Å². The summed E-state index contributed by atoms with van der Waals surface area (Å²) in [5.74, 6) is 0.809. The number of hydrogen-bond donors (Lipinski definition) is 0. The maximum atomic E-state index is 13.0. The monoisotopic (exact) mass is 335 g/mol. The number of likely N-dealkylation sites (tertiary alicyclic amines) is 1. The lowest BCUT2D eigenvalue weighted by Gasteiger charge is -2.18. The first-order chi connectivity index (χ1) is 12.1. The summed E-state index contributed by atoms with van der Waals surface area (Å²) in [7, 11) is 0. The van der Waals surface area contributed by atoms with Crippen LogP contribution >= 0.6 is 0 Å². The lowest BCUT2D eigenvalue weighted by Crippen LogP contribution is -2.30. The Morgan fingerprint density at radius 1 is 1.28 bits per heavy atom. The summed E-state index contributed by atoms with van der Waals surface area (Å²) in [6, 6.07) is 10.1. The van der Waals surface area contributed by atoms with Gasteiger partial charge in [0.25, 0.3) is 5.91 Å². The standard InChI is InChI=1S/C20H21N3O2/c1-14-11-15(2)23(21-14)18-7-9-22(13-18)20(24)17-8-10-25-19-6-4-3-5-16(19)12-17/h3-6,8,10-12,18H,7,9,13H2,1-2H3/t18-/m1/s1. The van der Waals surface area contributed by atoms with Gasteiger partial charge in [0.1, 0.15) is 5.75 Å². The topological polar surface area (TPSA) is 47.4 Å². The largest absolute Gasteiger partial charge is 0.464 e. The maximum absolute atomic E-state index is 13.0. The zero-order chi connectivity index (χ0) is 17.4. The van der Waals surface area contributed by atoms with Gasteiger partial charge in [-0.3, -0.25) is 9.48 Å². The molecule has 0 aliphatic carbocycles. The molecule has 0 N–H and O–H groups in total. The fraction of sp³-hybridized carbons (Fsp3) is 0.300. The van der Waals surface area contributed by atoms with Crippen LogP contribution < -0.4 is 4.74 Å². The van der Waals surface area contributed by atoms with Crippen molar-refractivity contribution < 1.29 is 9.53 Å². The number of fused-ring (bicyclic) bond motifs is 1. The van der Waals surface area contributed by atoms with Gasteiger partial charge in [-0.05, 0) is 44.6 Å². The zero-order valence-electron chi connectivity index (χ0n) is 14.5. The van der Waals surface area contributed by atoms with Crippen molar-refractivity contribution in [1.29, 1.82) is 0 Å². The molecule has 2 aliphatic heterocycles. The maximum Gasteiger partial charge on any atom is 0.254 e. The molecule has 128 valence electrons. The molecule has 5 nitrogen and oxygen atoms in total. The van der Waals surface area contributed by atoms with Crippen LogP contribution in [0.1, 0.15) is 29.4 Å². The fourth-order valence-corrected chi connectivity index (χ4v) is 3.56. The highest BCUT2D eigenvalue weighted by molar-refractivity contribution is 6.01. The van der Waals surface area contributed by atoms with Crippen LogP contribution in [0.15, 0.2) is 48.2 Å². The molecule has 1 aromatic carbocycles. The summed E-state index contributed by atoms with van der Waals surface area (Å²) in [4.78, 5) is 14.9. The molecule has 0 bridgehead atoms. The van der Waals surface area contributed by atoms with Crippen LogP contribution in [0.3, 0.4) is 0 Å². The Kier molecular flexibility index (Phi) is 3.92. The normalized spacial score (nSPS) is 19.2. The van der Waals surface area contributed by atoms with E-state index in [1.165, 1.54) is 0 Å². The molecular formula is C20H21N3O2. The van der Waals surface area contributed by atoms with Crippen LogP contribution in [-0.4, -0.2) is 33.7 Å². The van der Waals surface area contributed by atoms with Gasteiger partial charge in [0, 0.05) is 29.9 Å². The third-order valence-corrected chi connectivity index (χ3v) is 4.76. The number of ether oxygens (including phenoxy) is 1. The molecule has 2 aliphatic rings. The summed E-state index contributed by atoms with van der Waals surface area (Å²) in [6.45, 7) is 5.50. The zero-order valence-corrected chi connectivity index (χ0v) is 14.5. The van der Waals surface area contributed by atoms with Crippen molar-refractivity contribution in [3.63, 3.8) is 0 Å². The van der Waals surface area contributed by atoms with Gasteiger partial charge in [-0.1, -0.05) is 18.2 Å². The minimum atomic E-state index is 0.0422. The number of para-hydroxylation sites is 1. The van der Waals surface area contributed by atoms with E-state index in [0.29, 0.717) is 12.1 Å². The van der Waals surface area contributed by atoms with E-state index in [4.69, 9.17) is 4.74 Å². The summed E-state index contributed by atoms with van der Waals surface area (Å²) in [5.41, 5.74) is 3.74. The molecule has 25 heavy (non-hydrogen) atoms. The predicted molar refractivity (Wildman–Crippen MR) is 96.1 cm³/mol. The van der Waals surface area contributed by atoms with Crippen molar-refractivity contribution in [2.24, 2.45) is 0 Å². The van der Waals surface area contributed by atoms with Crippen molar-refractivity contribution in [3.05, 3.63) is 65.2 Å². The van der Waals surface area contributed by atoms with E-state index >= 15 is 0 Å². The number of aromatic nitrogens is 2. The number of amides is 1. The van der Waals surface area contributed by atoms with Crippen LogP contribution in [-0.2, 0) is 4.79 Å². The molecule has 0 saturated carbocycles. The van der Waals surface area contributed by atoms with Gasteiger partial charge >= 0.3 is 0 Å². The Balaban J connectivity index is 1.54.